The highest BCUT2D eigenvalue weighted by atomic mass is 32.2. The Bertz CT molecular complexity index is 755. The first-order valence-electron chi connectivity index (χ1n) is 6.42. The summed E-state index contributed by atoms with van der Waals surface area (Å²) in [5.74, 6) is -0.217. The van der Waals surface area contributed by atoms with E-state index in [2.05, 4.69) is 24.3 Å². The summed E-state index contributed by atoms with van der Waals surface area (Å²) in [5.41, 5.74) is 6.52. The molecular weight excluding hydrogens is 269 g/mol. The monoisotopic (exact) mass is 283 g/mol. The third-order valence-corrected chi connectivity index (χ3v) is 4.36. The van der Waals surface area contributed by atoms with Gasteiger partial charge in [0.25, 0.3) is 0 Å². The Kier molecular flexibility index (Phi) is 3.72. The zero-order chi connectivity index (χ0) is 13.9. The summed E-state index contributed by atoms with van der Waals surface area (Å²) in [6.45, 7) is 0.341. The van der Waals surface area contributed by atoms with Crippen LogP contribution in [0.1, 0.15) is 5.56 Å². The van der Waals surface area contributed by atoms with E-state index >= 15 is 0 Å². The van der Waals surface area contributed by atoms with Gasteiger partial charge in [-0.3, -0.25) is 0 Å². The Morgan fingerprint density at radius 1 is 0.900 bits per heavy atom. The van der Waals surface area contributed by atoms with E-state index < -0.39 is 0 Å². The van der Waals surface area contributed by atoms with Crippen LogP contribution in [0.5, 0.6) is 0 Å². The van der Waals surface area contributed by atoms with Crippen molar-refractivity contribution in [2.45, 2.75) is 16.3 Å². The van der Waals surface area contributed by atoms with Gasteiger partial charge in [-0.25, -0.2) is 4.39 Å². The molecule has 1 nitrogen and oxygen atoms in total. The molecule has 0 saturated heterocycles. The Labute approximate surface area is 121 Å². The molecule has 3 heteroatoms. The van der Waals surface area contributed by atoms with Crippen LogP contribution in [0, 0.1) is 5.82 Å². The van der Waals surface area contributed by atoms with Crippen LogP contribution < -0.4 is 5.73 Å². The molecule has 0 unspecified atom stereocenters. The number of fused-ring (bicyclic) bond motifs is 1. The lowest BCUT2D eigenvalue weighted by Gasteiger charge is -2.09. The van der Waals surface area contributed by atoms with Crippen molar-refractivity contribution in [3.8, 4) is 0 Å². The lowest BCUT2D eigenvalue weighted by atomic mass is 10.1. The first kappa shape index (κ1) is 13.2. The second-order valence-electron chi connectivity index (χ2n) is 4.54. The summed E-state index contributed by atoms with van der Waals surface area (Å²) in [7, 11) is 0. The number of nitrogens with two attached hydrogens (primary N) is 1. The number of halogens is 1. The summed E-state index contributed by atoms with van der Waals surface area (Å²) >= 11 is 1.43. The second kappa shape index (κ2) is 5.65. The normalized spacial score (nSPS) is 10.9. The van der Waals surface area contributed by atoms with E-state index in [1.54, 1.807) is 6.07 Å². The molecular formula is C17H14FNS. The van der Waals surface area contributed by atoms with Crippen molar-refractivity contribution in [3.63, 3.8) is 0 Å². The average Bonchev–Trinajstić information content (AvgIpc) is 2.49. The van der Waals surface area contributed by atoms with Gasteiger partial charge in [0.1, 0.15) is 5.82 Å². The SMILES string of the molecule is NCc1cccc(F)c1Sc1ccc2ccccc2c1. The minimum Gasteiger partial charge on any atom is -0.326 e. The molecule has 2 N–H and O–H groups in total. The first-order chi connectivity index (χ1) is 9.78. The lowest BCUT2D eigenvalue weighted by Crippen LogP contribution is -1.99. The summed E-state index contributed by atoms with van der Waals surface area (Å²) < 4.78 is 14.0. The molecule has 3 aromatic carbocycles. The Balaban J connectivity index is 2.01. The summed E-state index contributed by atoms with van der Waals surface area (Å²) in [6.07, 6.45) is 0. The molecule has 0 heterocycles. The molecule has 0 radical (unpaired) electrons. The molecule has 0 amide bonds. The van der Waals surface area contributed by atoms with Crippen molar-refractivity contribution in [3.05, 3.63) is 72.0 Å². The molecule has 3 aromatic rings. The molecule has 100 valence electrons. The number of hydrogen-bond acceptors (Lipinski definition) is 2. The van der Waals surface area contributed by atoms with Gasteiger partial charge in [-0.2, -0.15) is 0 Å². The molecule has 0 spiro atoms. The third kappa shape index (κ3) is 2.55. The lowest BCUT2D eigenvalue weighted by molar-refractivity contribution is 0.597. The van der Waals surface area contributed by atoms with Crippen molar-refractivity contribution >= 4 is 22.5 Å². The van der Waals surface area contributed by atoms with Crippen molar-refractivity contribution in [1.82, 2.24) is 0 Å². The van der Waals surface area contributed by atoms with Crippen LogP contribution in [0.15, 0.2) is 70.5 Å². The summed E-state index contributed by atoms with van der Waals surface area (Å²) in [4.78, 5) is 1.63. The Morgan fingerprint density at radius 3 is 2.50 bits per heavy atom. The van der Waals surface area contributed by atoms with Crippen molar-refractivity contribution < 1.29 is 4.39 Å². The predicted molar refractivity (Wildman–Crippen MR) is 82.4 cm³/mol. The van der Waals surface area contributed by atoms with Crippen LogP contribution in [0.4, 0.5) is 4.39 Å². The molecule has 0 aliphatic rings. The fourth-order valence-corrected chi connectivity index (χ4v) is 3.18. The summed E-state index contributed by atoms with van der Waals surface area (Å²) in [6, 6.07) is 19.3. The van der Waals surface area contributed by atoms with Crippen LogP contribution in [0.2, 0.25) is 0 Å². The molecule has 0 atom stereocenters. The highest BCUT2D eigenvalue weighted by Gasteiger charge is 2.09. The molecule has 0 bridgehead atoms. The molecule has 0 aliphatic carbocycles. The van der Waals surface area contributed by atoms with E-state index in [0.29, 0.717) is 11.4 Å². The van der Waals surface area contributed by atoms with Crippen molar-refractivity contribution in [2.75, 3.05) is 0 Å². The van der Waals surface area contributed by atoms with Gasteiger partial charge in [0, 0.05) is 11.4 Å². The van der Waals surface area contributed by atoms with Gasteiger partial charge in [-0.1, -0.05) is 54.2 Å². The van der Waals surface area contributed by atoms with Gasteiger partial charge in [-0.15, -0.1) is 0 Å². The van der Waals surface area contributed by atoms with Crippen LogP contribution in [-0.4, -0.2) is 0 Å². The van der Waals surface area contributed by atoms with Crippen LogP contribution in [0.25, 0.3) is 10.8 Å². The average molecular weight is 283 g/mol. The van der Waals surface area contributed by atoms with Gasteiger partial charge < -0.3 is 5.73 Å². The molecule has 3 rings (SSSR count). The maximum Gasteiger partial charge on any atom is 0.137 e. The minimum absolute atomic E-state index is 0.217. The standard InChI is InChI=1S/C17H14FNS/c18-16-7-3-6-14(11-19)17(16)20-15-9-8-12-4-1-2-5-13(12)10-15/h1-10H,11,19H2. The molecule has 0 aromatic heterocycles. The number of benzene rings is 3. The van der Waals surface area contributed by atoms with Crippen LogP contribution in [0.3, 0.4) is 0 Å². The van der Waals surface area contributed by atoms with Gasteiger partial charge in [0.15, 0.2) is 0 Å². The van der Waals surface area contributed by atoms with E-state index in [1.807, 2.05) is 24.3 Å². The topological polar surface area (TPSA) is 26.0 Å². The van der Waals surface area contributed by atoms with Gasteiger partial charge in [0.05, 0.1) is 4.90 Å². The fraction of sp³-hybridized carbons (Fsp3) is 0.0588. The molecule has 0 aliphatic heterocycles. The molecule has 0 fully saturated rings. The van der Waals surface area contributed by atoms with Crippen molar-refractivity contribution in [1.29, 1.82) is 0 Å². The number of rotatable bonds is 3. The van der Waals surface area contributed by atoms with Gasteiger partial charge in [0.2, 0.25) is 0 Å². The zero-order valence-corrected chi connectivity index (χ0v) is 11.7. The first-order valence-corrected chi connectivity index (χ1v) is 7.23. The van der Waals surface area contributed by atoms with Crippen molar-refractivity contribution in [2.24, 2.45) is 5.73 Å². The van der Waals surface area contributed by atoms with E-state index in [0.717, 1.165) is 15.8 Å². The fourth-order valence-electron chi connectivity index (χ4n) is 2.18. The molecule has 0 saturated carbocycles. The molecule has 20 heavy (non-hydrogen) atoms. The third-order valence-electron chi connectivity index (χ3n) is 3.21. The van der Waals surface area contributed by atoms with E-state index in [1.165, 1.54) is 23.2 Å². The zero-order valence-electron chi connectivity index (χ0n) is 10.8. The van der Waals surface area contributed by atoms with Gasteiger partial charge in [-0.05, 0) is 34.5 Å². The van der Waals surface area contributed by atoms with E-state index in [4.69, 9.17) is 5.73 Å². The second-order valence-corrected chi connectivity index (χ2v) is 5.63. The summed E-state index contributed by atoms with van der Waals surface area (Å²) in [5, 5.41) is 2.34. The smallest absolute Gasteiger partial charge is 0.137 e. The van der Waals surface area contributed by atoms with E-state index in [-0.39, 0.29) is 5.82 Å². The van der Waals surface area contributed by atoms with Gasteiger partial charge >= 0.3 is 0 Å². The van der Waals surface area contributed by atoms with Crippen LogP contribution >= 0.6 is 11.8 Å². The Morgan fingerprint density at radius 2 is 1.70 bits per heavy atom. The highest BCUT2D eigenvalue weighted by Crippen LogP contribution is 2.34. The predicted octanol–water partition coefficient (Wildman–Crippen LogP) is 4.59. The minimum atomic E-state index is -0.217. The van der Waals surface area contributed by atoms with Crippen LogP contribution in [-0.2, 0) is 6.54 Å². The highest BCUT2D eigenvalue weighted by molar-refractivity contribution is 7.99. The largest absolute Gasteiger partial charge is 0.326 e. The number of hydrogen-bond donors (Lipinski definition) is 1. The quantitative estimate of drug-likeness (QED) is 0.761. The maximum absolute atomic E-state index is 14.0. The maximum atomic E-state index is 14.0. The Hall–Kier alpha value is -1.84. The van der Waals surface area contributed by atoms with E-state index in [9.17, 15) is 4.39 Å².